The second kappa shape index (κ2) is 8.37. The van der Waals surface area contributed by atoms with Gasteiger partial charge in [-0.05, 0) is 50.4 Å². The average Bonchev–Trinajstić information content (AvgIpc) is 3.13. The molecule has 1 aromatic heterocycles. The van der Waals surface area contributed by atoms with Crippen LogP contribution in [0.1, 0.15) is 52.1 Å². The predicted molar refractivity (Wildman–Crippen MR) is 112 cm³/mol. The number of nitrogens with zero attached hydrogens (tertiary/aromatic N) is 4. The summed E-state index contributed by atoms with van der Waals surface area (Å²) in [5.41, 5.74) is 3.10. The van der Waals surface area contributed by atoms with E-state index in [1.807, 2.05) is 40.7 Å². The number of aryl methyl sites for hydroxylation is 1. The zero-order valence-electron chi connectivity index (χ0n) is 17.3. The third kappa shape index (κ3) is 4.05. The fourth-order valence-corrected chi connectivity index (χ4v) is 4.21. The van der Waals surface area contributed by atoms with Crippen LogP contribution in [0.15, 0.2) is 24.3 Å². The summed E-state index contributed by atoms with van der Waals surface area (Å²) < 4.78 is 1.98. The third-order valence-corrected chi connectivity index (χ3v) is 5.91. The number of aromatic nitrogens is 2. The Morgan fingerprint density at radius 1 is 1.10 bits per heavy atom. The Hall–Kier alpha value is -2.67. The van der Waals surface area contributed by atoms with Crippen LogP contribution < -0.4 is 5.32 Å². The number of piperazine rings is 1. The minimum Gasteiger partial charge on any atom is -0.333 e. The molecular weight excluding hydrogens is 366 g/mol. The van der Waals surface area contributed by atoms with Gasteiger partial charge in [0.1, 0.15) is 0 Å². The molecule has 3 heterocycles. The summed E-state index contributed by atoms with van der Waals surface area (Å²) in [6, 6.07) is 7.70. The standard InChI is InChI=1S/C22H29N5O2/c1-3-25-11-13-26(14-12-25)22(29)20-24-19(18-9-4-5-10-27(18)20)21(28)23-17-8-6-7-16(2)15-17/h6-8,15H,3-5,9-14H2,1-2H3,(H,23,28). The number of benzene rings is 1. The highest BCUT2D eigenvalue weighted by atomic mass is 16.2. The quantitative estimate of drug-likeness (QED) is 0.864. The molecule has 2 aliphatic heterocycles. The number of anilines is 1. The van der Waals surface area contributed by atoms with Crippen LogP contribution in [-0.4, -0.2) is 63.9 Å². The first-order valence-corrected chi connectivity index (χ1v) is 10.6. The summed E-state index contributed by atoms with van der Waals surface area (Å²) in [5, 5.41) is 2.95. The van der Waals surface area contributed by atoms with Gasteiger partial charge in [0.15, 0.2) is 11.5 Å². The number of likely N-dealkylation sites (N-methyl/N-ethyl adjacent to an activating group) is 1. The number of hydrogen-bond acceptors (Lipinski definition) is 4. The molecule has 1 saturated heterocycles. The van der Waals surface area contributed by atoms with Gasteiger partial charge in [0, 0.05) is 38.4 Å². The number of imidazole rings is 1. The minimum absolute atomic E-state index is 0.0569. The average molecular weight is 396 g/mol. The molecule has 2 aromatic rings. The van der Waals surface area contributed by atoms with Gasteiger partial charge in [0.25, 0.3) is 11.8 Å². The summed E-state index contributed by atoms with van der Waals surface area (Å²) in [6.07, 6.45) is 2.80. The van der Waals surface area contributed by atoms with E-state index in [-0.39, 0.29) is 11.8 Å². The lowest BCUT2D eigenvalue weighted by Crippen LogP contribution is -2.49. The van der Waals surface area contributed by atoms with Crippen molar-refractivity contribution in [1.29, 1.82) is 0 Å². The van der Waals surface area contributed by atoms with Crippen LogP contribution in [0.5, 0.6) is 0 Å². The van der Waals surface area contributed by atoms with Gasteiger partial charge in [-0.1, -0.05) is 19.1 Å². The molecule has 7 heteroatoms. The Bertz CT molecular complexity index is 912. The first-order valence-electron chi connectivity index (χ1n) is 10.6. The van der Waals surface area contributed by atoms with Gasteiger partial charge in [-0.3, -0.25) is 9.59 Å². The van der Waals surface area contributed by atoms with Crippen molar-refractivity contribution in [2.45, 2.75) is 39.7 Å². The van der Waals surface area contributed by atoms with Gasteiger partial charge in [0.2, 0.25) is 0 Å². The van der Waals surface area contributed by atoms with Crippen LogP contribution >= 0.6 is 0 Å². The van der Waals surface area contributed by atoms with Crippen molar-refractivity contribution in [3.8, 4) is 0 Å². The smallest absolute Gasteiger partial charge is 0.289 e. The molecule has 154 valence electrons. The fourth-order valence-electron chi connectivity index (χ4n) is 4.21. The van der Waals surface area contributed by atoms with Crippen molar-refractivity contribution in [3.05, 3.63) is 47.0 Å². The van der Waals surface area contributed by atoms with Gasteiger partial charge < -0.3 is 19.7 Å². The van der Waals surface area contributed by atoms with E-state index in [2.05, 4.69) is 22.1 Å². The number of carbonyl (C=O) groups excluding carboxylic acids is 2. The SMILES string of the molecule is CCN1CCN(C(=O)c2nc(C(=O)Nc3cccc(C)c3)c3n2CCCC3)CC1. The predicted octanol–water partition coefficient (Wildman–Crippen LogP) is 2.56. The molecule has 4 rings (SSSR count). The van der Waals surface area contributed by atoms with Gasteiger partial charge in [-0.2, -0.15) is 0 Å². The normalized spacial score (nSPS) is 17.1. The number of hydrogen-bond donors (Lipinski definition) is 1. The Kier molecular flexibility index (Phi) is 5.67. The molecule has 0 saturated carbocycles. The van der Waals surface area contributed by atoms with E-state index in [0.717, 1.165) is 62.4 Å². The largest absolute Gasteiger partial charge is 0.333 e. The summed E-state index contributed by atoms with van der Waals surface area (Å²) in [5.74, 6) is 0.119. The van der Waals surface area contributed by atoms with Gasteiger partial charge in [-0.15, -0.1) is 0 Å². The maximum Gasteiger partial charge on any atom is 0.289 e. The van der Waals surface area contributed by atoms with Crippen molar-refractivity contribution in [2.75, 3.05) is 38.0 Å². The van der Waals surface area contributed by atoms with Gasteiger partial charge >= 0.3 is 0 Å². The summed E-state index contributed by atoms with van der Waals surface area (Å²) in [4.78, 5) is 35.0. The summed E-state index contributed by atoms with van der Waals surface area (Å²) >= 11 is 0. The molecule has 1 N–H and O–H groups in total. The first-order chi connectivity index (χ1) is 14.1. The maximum atomic E-state index is 13.2. The zero-order valence-corrected chi connectivity index (χ0v) is 17.3. The Balaban J connectivity index is 1.58. The summed E-state index contributed by atoms with van der Waals surface area (Å²) in [6.45, 7) is 9.07. The van der Waals surface area contributed by atoms with Crippen LogP contribution in [0, 0.1) is 6.92 Å². The molecule has 0 unspecified atom stereocenters. The molecule has 2 aliphatic rings. The van der Waals surface area contributed by atoms with Crippen molar-refractivity contribution >= 4 is 17.5 Å². The number of fused-ring (bicyclic) bond motifs is 1. The molecule has 2 amide bonds. The Morgan fingerprint density at radius 2 is 1.90 bits per heavy atom. The summed E-state index contributed by atoms with van der Waals surface area (Å²) in [7, 11) is 0. The van der Waals surface area contributed by atoms with Crippen molar-refractivity contribution in [3.63, 3.8) is 0 Å². The highest BCUT2D eigenvalue weighted by Gasteiger charge is 2.31. The highest BCUT2D eigenvalue weighted by molar-refractivity contribution is 6.05. The number of rotatable bonds is 4. The van der Waals surface area contributed by atoms with Gasteiger partial charge in [-0.25, -0.2) is 4.98 Å². The van der Waals surface area contributed by atoms with Gasteiger partial charge in [0.05, 0.1) is 5.69 Å². The van der Waals surface area contributed by atoms with Crippen LogP contribution in [0.4, 0.5) is 5.69 Å². The third-order valence-electron chi connectivity index (χ3n) is 5.91. The Labute approximate surface area is 171 Å². The topological polar surface area (TPSA) is 70.5 Å². The number of carbonyl (C=O) groups is 2. The monoisotopic (exact) mass is 395 g/mol. The molecule has 0 aliphatic carbocycles. The van der Waals surface area contributed by atoms with E-state index in [1.54, 1.807) is 0 Å². The molecule has 0 bridgehead atoms. The van der Waals surface area contributed by atoms with E-state index >= 15 is 0 Å². The molecule has 29 heavy (non-hydrogen) atoms. The van der Waals surface area contributed by atoms with E-state index in [1.165, 1.54) is 0 Å². The minimum atomic E-state index is -0.240. The molecule has 0 spiro atoms. The second-order valence-corrected chi connectivity index (χ2v) is 7.89. The lowest BCUT2D eigenvalue weighted by molar-refractivity contribution is 0.0625. The first kappa shape index (κ1) is 19.6. The molecule has 0 radical (unpaired) electrons. The van der Waals surface area contributed by atoms with E-state index in [9.17, 15) is 9.59 Å². The van der Waals surface area contributed by atoms with Crippen molar-refractivity contribution in [1.82, 2.24) is 19.4 Å². The van der Waals surface area contributed by atoms with E-state index < -0.39 is 0 Å². The molecule has 1 fully saturated rings. The molecule has 7 nitrogen and oxygen atoms in total. The van der Waals surface area contributed by atoms with E-state index in [4.69, 9.17) is 0 Å². The zero-order chi connectivity index (χ0) is 20.4. The highest BCUT2D eigenvalue weighted by Crippen LogP contribution is 2.23. The lowest BCUT2D eigenvalue weighted by Gasteiger charge is -2.34. The number of amides is 2. The van der Waals surface area contributed by atoms with E-state index in [0.29, 0.717) is 24.6 Å². The van der Waals surface area contributed by atoms with Crippen molar-refractivity contribution in [2.24, 2.45) is 0 Å². The molecule has 0 atom stereocenters. The number of nitrogens with one attached hydrogen (secondary N) is 1. The van der Waals surface area contributed by atoms with Crippen LogP contribution in [0.3, 0.4) is 0 Å². The Morgan fingerprint density at radius 3 is 2.62 bits per heavy atom. The van der Waals surface area contributed by atoms with Crippen LogP contribution in [-0.2, 0) is 13.0 Å². The lowest BCUT2D eigenvalue weighted by atomic mass is 10.1. The molecule has 1 aromatic carbocycles. The molecular formula is C22H29N5O2. The second-order valence-electron chi connectivity index (χ2n) is 7.89. The maximum absolute atomic E-state index is 13.2. The van der Waals surface area contributed by atoms with Crippen LogP contribution in [0.2, 0.25) is 0 Å². The van der Waals surface area contributed by atoms with Crippen LogP contribution in [0.25, 0.3) is 0 Å². The fraction of sp³-hybridized carbons (Fsp3) is 0.500. The van der Waals surface area contributed by atoms with Crippen molar-refractivity contribution < 1.29 is 9.59 Å².